The highest BCUT2D eigenvalue weighted by atomic mass is 16.5. The number of para-hydroxylation sites is 1. The Kier molecular flexibility index (Phi) is 6.03. The van der Waals surface area contributed by atoms with Gasteiger partial charge in [-0.1, -0.05) is 30.3 Å². The number of carbonyl (C=O) groups is 1. The van der Waals surface area contributed by atoms with Crippen LogP contribution in [0.2, 0.25) is 0 Å². The van der Waals surface area contributed by atoms with Gasteiger partial charge in [-0.05, 0) is 42.7 Å². The van der Waals surface area contributed by atoms with Gasteiger partial charge in [0.05, 0.1) is 6.54 Å². The zero-order chi connectivity index (χ0) is 16.7. The molecule has 0 radical (unpaired) electrons. The Labute approximate surface area is 137 Å². The van der Waals surface area contributed by atoms with Gasteiger partial charge in [0, 0.05) is 19.2 Å². The second-order valence-corrected chi connectivity index (χ2v) is 5.68. The summed E-state index contributed by atoms with van der Waals surface area (Å²) in [6, 6.07) is 15.6. The van der Waals surface area contributed by atoms with Crippen LogP contribution in [0.5, 0.6) is 5.75 Å². The number of nitrogens with zero attached hydrogens (tertiary/aromatic N) is 1. The van der Waals surface area contributed by atoms with E-state index in [1.54, 1.807) is 11.9 Å². The molecule has 0 aliphatic rings. The Bertz CT molecular complexity index is 655. The van der Waals surface area contributed by atoms with Crippen LogP contribution in [0.15, 0.2) is 48.5 Å². The largest absolute Gasteiger partial charge is 0.492 e. The first-order chi connectivity index (χ1) is 11.1. The third kappa shape index (κ3) is 5.33. The van der Waals surface area contributed by atoms with Crippen molar-refractivity contribution in [3.63, 3.8) is 0 Å². The van der Waals surface area contributed by atoms with Gasteiger partial charge in [0.2, 0.25) is 5.91 Å². The fraction of sp³-hybridized carbons (Fsp3) is 0.316. The van der Waals surface area contributed by atoms with E-state index in [9.17, 15) is 4.79 Å². The number of nitrogens with two attached hydrogens (primary N) is 1. The molecule has 2 aromatic rings. The highest BCUT2D eigenvalue weighted by Gasteiger charge is 2.10. The second kappa shape index (κ2) is 8.22. The van der Waals surface area contributed by atoms with Gasteiger partial charge < -0.3 is 15.4 Å². The monoisotopic (exact) mass is 312 g/mol. The van der Waals surface area contributed by atoms with E-state index >= 15 is 0 Å². The number of nitrogen functional groups attached to an aromatic ring is 1. The summed E-state index contributed by atoms with van der Waals surface area (Å²) in [5.74, 6) is 0.934. The summed E-state index contributed by atoms with van der Waals surface area (Å²) in [5, 5.41) is 0. The summed E-state index contributed by atoms with van der Waals surface area (Å²) in [5.41, 5.74) is 8.81. The number of hydrogen-bond donors (Lipinski definition) is 1. The van der Waals surface area contributed by atoms with Crippen LogP contribution in [0.25, 0.3) is 0 Å². The second-order valence-electron chi connectivity index (χ2n) is 5.68. The molecule has 0 bridgehead atoms. The molecule has 0 spiro atoms. The lowest BCUT2D eigenvalue weighted by Gasteiger charge is -2.18. The number of rotatable bonds is 7. The maximum Gasteiger partial charge on any atom is 0.222 e. The Morgan fingerprint density at radius 2 is 1.96 bits per heavy atom. The lowest BCUT2D eigenvalue weighted by atomic mass is 10.1. The van der Waals surface area contributed by atoms with Gasteiger partial charge in [-0.3, -0.25) is 4.79 Å². The Morgan fingerprint density at radius 3 is 2.70 bits per heavy atom. The van der Waals surface area contributed by atoms with Gasteiger partial charge in [0.15, 0.2) is 0 Å². The summed E-state index contributed by atoms with van der Waals surface area (Å²) >= 11 is 0. The maximum absolute atomic E-state index is 12.2. The van der Waals surface area contributed by atoms with Crippen LogP contribution in [0.1, 0.15) is 17.5 Å². The molecular formula is C19H24N2O2. The smallest absolute Gasteiger partial charge is 0.222 e. The van der Waals surface area contributed by atoms with Crippen LogP contribution in [0, 0.1) is 6.92 Å². The van der Waals surface area contributed by atoms with Crippen molar-refractivity contribution in [2.45, 2.75) is 19.8 Å². The zero-order valence-corrected chi connectivity index (χ0v) is 13.8. The van der Waals surface area contributed by atoms with E-state index in [4.69, 9.17) is 10.5 Å². The van der Waals surface area contributed by atoms with Crippen molar-refractivity contribution >= 4 is 11.6 Å². The molecule has 0 unspecified atom stereocenters. The summed E-state index contributed by atoms with van der Waals surface area (Å²) in [6.07, 6.45) is 1.11. The van der Waals surface area contributed by atoms with Gasteiger partial charge in [-0.2, -0.15) is 0 Å². The average molecular weight is 312 g/mol. The van der Waals surface area contributed by atoms with Gasteiger partial charge in [-0.15, -0.1) is 0 Å². The van der Waals surface area contributed by atoms with E-state index < -0.39 is 0 Å². The minimum absolute atomic E-state index is 0.0982. The Balaban J connectivity index is 1.73. The zero-order valence-electron chi connectivity index (χ0n) is 13.8. The van der Waals surface area contributed by atoms with Crippen molar-refractivity contribution < 1.29 is 9.53 Å². The number of ether oxygens (including phenoxy) is 1. The molecule has 4 nitrogen and oxygen atoms in total. The van der Waals surface area contributed by atoms with Gasteiger partial charge in [-0.25, -0.2) is 0 Å². The summed E-state index contributed by atoms with van der Waals surface area (Å²) in [4.78, 5) is 13.9. The minimum Gasteiger partial charge on any atom is -0.492 e. The molecule has 0 heterocycles. The molecule has 0 aliphatic carbocycles. The fourth-order valence-electron chi connectivity index (χ4n) is 2.32. The number of amides is 1. The minimum atomic E-state index is 0.0982. The van der Waals surface area contributed by atoms with E-state index in [-0.39, 0.29) is 5.91 Å². The van der Waals surface area contributed by atoms with Crippen LogP contribution in [-0.4, -0.2) is 31.0 Å². The Hall–Kier alpha value is -2.49. The van der Waals surface area contributed by atoms with E-state index in [1.165, 1.54) is 0 Å². The molecule has 2 rings (SSSR count). The van der Waals surface area contributed by atoms with Gasteiger partial charge >= 0.3 is 0 Å². The molecule has 23 heavy (non-hydrogen) atoms. The number of anilines is 1. The molecular weight excluding hydrogens is 288 g/mol. The molecule has 4 heteroatoms. The maximum atomic E-state index is 12.2. The molecule has 0 atom stereocenters. The number of aryl methyl sites for hydroxylation is 2. The summed E-state index contributed by atoms with van der Waals surface area (Å²) in [6.45, 7) is 3.08. The first-order valence-electron chi connectivity index (χ1n) is 7.83. The highest BCUT2D eigenvalue weighted by molar-refractivity contribution is 5.76. The normalized spacial score (nSPS) is 10.3. The predicted molar refractivity (Wildman–Crippen MR) is 93.5 cm³/mol. The van der Waals surface area contributed by atoms with E-state index in [2.05, 4.69) is 0 Å². The average Bonchev–Trinajstić information content (AvgIpc) is 2.54. The first-order valence-corrected chi connectivity index (χ1v) is 7.83. The standard InChI is InChI=1S/C19H24N2O2/c1-15-6-5-8-17(14-15)23-13-12-21(2)19(22)11-10-16-7-3-4-9-18(16)20/h3-9,14H,10-13,20H2,1-2H3. The lowest BCUT2D eigenvalue weighted by Crippen LogP contribution is -2.31. The molecule has 0 aromatic heterocycles. The van der Waals surface area contributed by atoms with Crippen molar-refractivity contribution in [3.05, 3.63) is 59.7 Å². The third-order valence-electron chi connectivity index (χ3n) is 3.77. The molecule has 2 aromatic carbocycles. The lowest BCUT2D eigenvalue weighted by molar-refractivity contribution is -0.130. The van der Waals surface area contributed by atoms with Crippen LogP contribution in [0.4, 0.5) is 5.69 Å². The van der Waals surface area contributed by atoms with E-state index in [1.807, 2.05) is 55.5 Å². The molecule has 0 saturated carbocycles. The van der Waals surface area contributed by atoms with Crippen LogP contribution >= 0.6 is 0 Å². The number of benzene rings is 2. The number of likely N-dealkylation sites (N-methyl/N-ethyl adjacent to an activating group) is 1. The van der Waals surface area contributed by atoms with Crippen LogP contribution in [0.3, 0.4) is 0 Å². The van der Waals surface area contributed by atoms with Crippen LogP contribution in [-0.2, 0) is 11.2 Å². The SMILES string of the molecule is Cc1cccc(OCCN(C)C(=O)CCc2ccccc2N)c1. The highest BCUT2D eigenvalue weighted by Crippen LogP contribution is 2.14. The van der Waals surface area contributed by atoms with E-state index in [0.29, 0.717) is 26.0 Å². The quantitative estimate of drug-likeness (QED) is 0.800. The van der Waals surface area contributed by atoms with Crippen molar-refractivity contribution in [1.82, 2.24) is 4.90 Å². The van der Waals surface area contributed by atoms with Crippen molar-refractivity contribution in [3.8, 4) is 5.75 Å². The molecule has 0 fully saturated rings. The molecule has 122 valence electrons. The van der Waals surface area contributed by atoms with Crippen LogP contribution < -0.4 is 10.5 Å². The van der Waals surface area contributed by atoms with Crippen molar-refractivity contribution in [2.75, 3.05) is 25.9 Å². The van der Waals surface area contributed by atoms with E-state index in [0.717, 1.165) is 22.6 Å². The predicted octanol–water partition coefficient (Wildman–Crippen LogP) is 3.05. The first kappa shape index (κ1) is 16.9. The van der Waals surface area contributed by atoms with Crippen molar-refractivity contribution in [2.24, 2.45) is 0 Å². The van der Waals surface area contributed by atoms with Gasteiger partial charge in [0.25, 0.3) is 0 Å². The third-order valence-corrected chi connectivity index (χ3v) is 3.77. The van der Waals surface area contributed by atoms with Gasteiger partial charge in [0.1, 0.15) is 12.4 Å². The Morgan fingerprint density at radius 1 is 1.17 bits per heavy atom. The topological polar surface area (TPSA) is 55.6 Å². The molecule has 2 N–H and O–H groups in total. The van der Waals surface area contributed by atoms with Crippen molar-refractivity contribution in [1.29, 1.82) is 0 Å². The summed E-state index contributed by atoms with van der Waals surface area (Å²) < 4.78 is 5.68. The molecule has 0 aliphatic heterocycles. The molecule has 0 saturated heterocycles. The fourth-order valence-corrected chi connectivity index (χ4v) is 2.32. The summed E-state index contributed by atoms with van der Waals surface area (Å²) in [7, 11) is 1.80. The number of hydrogen-bond acceptors (Lipinski definition) is 3. The number of carbonyl (C=O) groups excluding carboxylic acids is 1. The molecule has 1 amide bonds.